The molecule has 0 fully saturated rings. The zero-order chi connectivity index (χ0) is 8.85. The fourth-order valence-corrected chi connectivity index (χ4v) is 0.731. The van der Waals surface area contributed by atoms with Crippen molar-refractivity contribution >= 4 is 58.4 Å². The first-order valence-electron chi connectivity index (χ1n) is 2.84. The van der Waals surface area contributed by atoms with Gasteiger partial charge in [0.2, 0.25) is 4.38 Å². The van der Waals surface area contributed by atoms with Crippen LogP contribution in [-0.4, -0.2) is 33.8 Å². The summed E-state index contributed by atoms with van der Waals surface area (Å²) >= 11 is 17.1. The van der Waals surface area contributed by atoms with Crippen LogP contribution in [0.4, 0.5) is 0 Å². The summed E-state index contributed by atoms with van der Waals surface area (Å²) in [5, 5.41) is 0. The summed E-state index contributed by atoms with van der Waals surface area (Å²) in [5.41, 5.74) is 0. The maximum absolute atomic E-state index is 4.92. The van der Waals surface area contributed by atoms with E-state index in [0.717, 1.165) is 0 Å². The lowest BCUT2D eigenvalue weighted by molar-refractivity contribution is 0.289. The number of thiol groups is 2. The van der Waals surface area contributed by atoms with Gasteiger partial charge >= 0.3 is 0 Å². The molecule has 0 saturated carbocycles. The molecule has 0 aromatic heterocycles. The van der Waals surface area contributed by atoms with Gasteiger partial charge in [0, 0.05) is 7.05 Å². The minimum Gasteiger partial charge on any atom is -0.477 e. The van der Waals surface area contributed by atoms with Crippen LogP contribution in [-0.2, 0) is 4.74 Å². The van der Waals surface area contributed by atoms with E-state index in [-0.39, 0.29) is 4.38 Å². The third kappa shape index (κ3) is 6.86. The molecular formula is C5H9NOS4. The SMILES string of the molecule is CN(CCOC(=S)S)C(=S)S. The van der Waals surface area contributed by atoms with Crippen LogP contribution in [0.15, 0.2) is 0 Å². The largest absolute Gasteiger partial charge is 0.477 e. The van der Waals surface area contributed by atoms with E-state index in [9.17, 15) is 0 Å². The third-order valence-corrected chi connectivity index (χ3v) is 1.88. The highest BCUT2D eigenvalue weighted by Gasteiger charge is 1.98. The second-order valence-corrected chi connectivity index (χ2v) is 4.01. The van der Waals surface area contributed by atoms with Crippen molar-refractivity contribution in [3.05, 3.63) is 0 Å². The van der Waals surface area contributed by atoms with Crippen LogP contribution in [0, 0.1) is 0 Å². The van der Waals surface area contributed by atoms with E-state index in [2.05, 4.69) is 37.5 Å². The lowest BCUT2D eigenvalue weighted by Crippen LogP contribution is -2.25. The van der Waals surface area contributed by atoms with Crippen molar-refractivity contribution in [1.82, 2.24) is 4.90 Å². The van der Waals surface area contributed by atoms with E-state index >= 15 is 0 Å². The molecule has 0 unspecified atom stereocenters. The summed E-state index contributed by atoms with van der Waals surface area (Å²) in [7, 11) is 1.83. The molecule has 0 spiro atoms. The summed E-state index contributed by atoms with van der Waals surface area (Å²) in [6.07, 6.45) is 0. The molecule has 0 atom stereocenters. The molecule has 64 valence electrons. The lowest BCUT2D eigenvalue weighted by Gasteiger charge is -2.15. The molecule has 0 heterocycles. The summed E-state index contributed by atoms with van der Waals surface area (Å²) in [5.74, 6) is 0. The summed E-state index contributed by atoms with van der Waals surface area (Å²) in [6.45, 7) is 1.16. The quantitative estimate of drug-likeness (QED) is 0.558. The maximum Gasteiger partial charge on any atom is 0.216 e. The van der Waals surface area contributed by atoms with Gasteiger partial charge in [0.15, 0.2) is 0 Å². The minimum atomic E-state index is 0.253. The van der Waals surface area contributed by atoms with Crippen molar-refractivity contribution in [3.63, 3.8) is 0 Å². The molecule has 6 heteroatoms. The van der Waals surface area contributed by atoms with Crippen LogP contribution in [0.3, 0.4) is 0 Å². The number of ether oxygens (including phenoxy) is 1. The van der Waals surface area contributed by atoms with E-state index in [1.165, 1.54) is 0 Å². The van der Waals surface area contributed by atoms with E-state index in [4.69, 9.17) is 17.0 Å². The molecule has 0 aliphatic rings. The Kier molecular flexibility index (Phi) is 6.31. The Morgan fingerprint density at radius 2 is 2.00 bits per heavy atom. The Labute approximate surface area is 88.1 Å². The zero-order valence-corrected chi connectivity index (χ0v) is 9.40. The molecule has 0 aliphatic heterocycles. The van der Waals surface area contributed by atoms with Crippen molar-refractivity contribution in [2.45, 2.75) is 0 Å². The highest BCUT2D eigenvalue weighted by molar-refractivity contribution is 8.11. The number of nitrogens with zero attached hydrogens (tertiary/aromatic N) is 1. The van der Waals surface area contributed by atoms with Gasteiger partial charge in [-0.15, -0.1) is 12.6 Å². The van der Waals surface area contributed by atoms with E-state index in [1.54, 1.807) is 4.90 Å². The van der Waals surface area contributed by atoms with Crippen molar-refractivity contribution in [1.29, 1.82) is 0 Å². The second-order valence-electron chi connectivity index (χ2n) is 1.82. The molecule has 0 rings (SSSR count). The van der Waals surface area contributed by atoms with Crippen LogP contribution in [0.1, 0.15) is 0 Å². The standard InChI is InChI=1S/C5H9NOS4/c1-6(4(8)9)2-3-7-5(10)11/h2-3H2,1H3,(H,8,9)(H,10,11). The maximum atomic E-state index is 4.92. The summed E-state index contributed by atoms with van der Waals surface area (Å²) < 4.78 is 5.72. The predicted molar refractivity (Wildman–Crippen MR) is 61.8 cm³/mol. The van der Waals surface area contributed by atoms with Crippen LogP contribution < -0.4 is 0 Å². The van der Waals surface area contributed by atoms with E-state index < -0.39 is 0 Å². The van der Waals surface area contributed by atoms with Gasteiger partial charge in [0.25, 0.3) is 0 Å². The van der Waals surface area contributed by atoms with Crippen LogP contribution in [0.2, 0.25) is 0 Å². The van der Waals surface area contributed by atoms with Crippen LogP contribution >= 0.6 is 49.7 Å². The second kappa shape index (κ2) is 6.05. The highest BCUT2D eigenvalue weighted by Crippen LogP contribution is 1.93. The molecule has 0 amide bonds. The molecule has 0 aromatic carbocycles. The van der Waals surface area contributed by atoms with Crippen molar-refractivity contribution in [2.24, 2.45) is 0 Å². The molecule has 0 bridgehead atoms. The first-order chi connectivity index (χ1) is 5.04. The first kappa shape index (κ1) is 11.5. The van der Waals surface area contributed by atoms with Gasteiger partial charge in [-0.3, -0.25) is 0 Å². The topological polar surface area (TPSA) is 12.5 Å². The average molecular weight is 227 g/mol. The Balaban J connectivity index is 3.39. The monoisotopic (exact) mass is 227 g/mol. The first-order valence-corrected chi connectivity index (χ1v) is 4.55. The van der Waals surface area contributed by atoms with Gasteiger partial charge in [-0.05, 0) is 12.2 Å². The number of hydrogen-bond acceptors (Lipinski definition) is 3. The van der Waals surface area contributed by atoms with Gasteiger partial charge in [-0.2, -0.15) is 0 Å². The van der Waals surface area contributed by atoms with Crippen molar-refractivity contribution in [3.8, 4) is 0 Å². The van der Waals surface area contributed by atoms with E-state index in [0.29, 0.717) is 17.5 Å². The van der Waals surface area contributed by atoms with Gasteiger partial charge in [0.05, 0.1) is 6.54 Å². The Morgan fingerprint density at radius 1 is 1.45 bits per heavy atom. The third-order valence-electron chi connectivity index (χ3n) is 0.979. The molecular weight excluding hydrogens is 218 g/mol. The summed E-state index contributed by atoms with van der Waals surface area (Å²) in [4.78, 5) is 1.78. The average Bonchev–Trinajstić information content (AvgIpc) is 1.86. The van der Waals surface area contributed by atoms with Gasteiger partial charge in [-0.25, -0.2) is 0 Å². The Bertz CT molecular complexity index is 161. The Hall–Kier alpha value is 0.480. The van der Waals surface area contributed by atoms with Crippen molar-refractivity contribution in [2.75, 3.05) is 20.2 Å². The molecule has 0 aliphatic carbocycles. The molecule has 0 radical (unpaired) electrons. The molecule has 11 heavy (non-hydrogen) atoms. The zero-order valence-electron chi connectivity index (χ0n) is 5.98. The van der Waals surface area contributed by atoms with Gasteiger partial charge in [0.1, 0.15) is 10.9 Å². The fourth-order valence-electron chi connectivity index (χ4n) is 0.366. The summed E-state index contributed by atoms with van der Waals surface area (Å²) in [6, 6.07) is 0. The van der Waals surface area contributed by atoms with Crippen LogP contribution in [0.5, 0.6) is 0 Å². The number of thiocarbonyl (C=S) groups is 2. The van der Waals surface area contributed by atoms with Gasteiger partial charge in [-0.1, -0.05) is 24.8 Å². The predicted octanol–water partition coefficient (Wildman–Crippen LogP) is 1.36. The normalized spacial score (nSPS) is 9.00. The lowest BCUT2D eigenvalue weighted by atomic mass is 10.6. The fraction of sp³-hybridized carbons (Fsp3) is 0.600. The molecule has 0 N–H and O–H groups in total. The molecule has 2 nitrogen and oxygen atoms in total. The van der Waals surface area contributed by atoms with Crippen LogP contribution in [0.25, 0.3) is 0 Å². The van der Waals surface area contributed by atoms with E-state index in [1.807, 2.05) is 7.05 Å². The Morgan fingerprint density at radius 3 is 2.36 bits per heavy atom. The molecule has 0 saturated heterocycles. The smallest absolute Gasteiger partial charge is 0.216 e. The molecule has 0 aromatic rings. The number of rotatable bonds is 3. The minimum absolute atomic E-state index is 0.253. The number of likely N-dealkylation sites (N-methyl/N-ethyl adjacent to an activating group) is 1. The van der Waals surface area contributed by atoms with Gasteiger partial charge < -0.3 is 9.64 Å². The van der Waals surface area contributed by atoms with Crippen molar-refractivity contribution < 1.29 is 4.74 Å². The number of hydrogen-bond donors (Lipinski definition) is 2. The highest BCUT2D eigenvalue weighted by atomic mass is 32.1.